The highest BCUT2D eigenvalue weighted by Gasteiger charge is 2.20. The molecule has 0 aromatic heterocycles. The Morgan fingerprint density at radius 3 is 2.57 bits per heavy atom. The van der Waals surface area contributed by atoms with Gasteiger partial charge in [-0.15, -0.1) is 0 Å². The van der Waals surface area contributed by atoms with Crippen molar-refractivity contribution in [3.05, 3.63) is 46.8 Å². The monoisotopic (exact) mass is 317 g/mol. The van der Waals surface area contributed by atoms with Crippen LogP contribution in [-0.4, -0.2) is 25.1 Å². The first-order chi connectivity index (χ1) is 11.0. The van der Waals surface area contributed by atoms with E-state index < -0.39 is 0 Å². The molecule has 0 saturated heterocycles. The smallest absolute Gasteiger partial charge is 0.337 e. The van der Waals surface area contributed by atoms with E-state index in [0.29, 0.717) is 11.5 Å². The van der Waals surface area contributed by atoms with Gasteiger partial charge in [-0.2, -0.15) is 0 Å². The van der Waals surface area contributed by atoms with Crippen LogP contribution in [0.2, 0.25) is 0 Å². The Kier molecular flexibility index (Phi) is 6.04. The van der Waals surface area contributed by atoms with Crippen LogP contribution in [0.3, 0.4) is 0 Å². The lowest BCUT2D eigenvalue weighted by Crippen LogP contribution is -2.31. The molecular weight excluding hydrogens is 290 g/mol. The molecule has 0 bridgehead atoms. The Labute approximate surface area is 138 Å². The molecule has 4 N–H and O–H groups in total. The fraction of sp³-hybridized carbons (Fsp3) is 0.500. The number of nitrogens with two attached hydrogens (primary N) is 2. The zero-order valence-corrected chi connectivity index (χ0v) is 14.0. The number of carbonyl (C=O) groups is 1. The lowest BCUT2D eigenvalue weighted by molar-refractivity contribution is 0.0600. The number of rotatable bonds is 4. The summed E-state index contributed by atoms with van der Waals surface area (Å²) in [6.45, 7) is 0. The van der Waals surface area contributed by atoms with E-state index in [2.05, 4.69) is 0 Å². The van der Waals surface area contributed by atoms with Gasteiger partial charge in [0.15, 0.2) is 0 Å². The highest BCUT2D eigenvalue weighted by molar-refractivity contribution is 5.89. The quantitative estimate of drug-likeness (QED) is 0.507. The van der Waals surface area contributed by atoms with Gasteiger partial charge in [0.2, 0.25) is 0 Å². The standard InChI is InChI=1S/C18H27N3O2/c1-21(20)16-7-5-3-4-6-15(17(16)19)12-13-8-10-14(11-9-13)18(22)23-2/h8-11,15H,3-7,12,19-20H2,1-2H3/b17-16-. The van der Waals surface area contributed by atoms with E-state index in [1.807, 2.05) is 19.2 Å². The van der Waals surface area contributed by atoms with Crippen molar-refractivity contribution in [2.45, 2.75) is 38.5 Å². The zero-order chi connectivity index (χ0) is 16.8. The molecule has 126 valence electrons. The zero-order valence-electron chi connectivity index (χ0n) is 14.0. The summed E-state index contributed by atoms with van der Waals surface area (Å²) < 4.78 is 4.73. The molecule has 1 aliphatic rings. The normalized spacial score (nSPS) is 22.1. The maximum absolute atomic E-state index is 11.5. The van der Waals surface area contributed by atoms with Crippen molar-refractivity contribution < 1.29 is 9.53 Å². The third kappa shape index (κ3) is 4.48. The minimum Gasteiger partial charge on any atom is -0.465 e. The van der Waals surface area contributed by atoms with Crippen LogP contribution >= 0.6 is 0 Å². The predicted octanol–water partition coefficient (Wildman–Crippen LogP) is 2.57. The molecule has 1 aromatic carbocycles. The van der Waals surface area contributed by atoms with E-state index in [1.165, 1.54) is 25.5 Å². The van der Waals surface area contributed by atoms with Gasteiger partial charge in [-0.1, -0.05) is 25.0 Å². The van der Waals surface area contributed by atoms with Crippen molar-refractivity contribution in [1.29, 1.82) is 0 Å². The van der Waals surface area contributed by atoms with Crippen molar-refractivity contribution in [3.63, 3.8) is 0 Å². The molecular formula is C18H27N3O2. The number of benzene rings is 1. The third-order valence-electron chi connectivity index (χ3n) is 4.52. The summed E-state index contributed by atoms with van der Waals surface area (Å²) in [4.78, 5) is 11.5. The molecule has 0 heterocycles. The van der Waals surface area contributed by atoms with Gasteiger partial charge in [-0.25, -0.2) is 10.6 Å². The number of hydrogen-bond donors (Lipinski definition) is 2. The summed E-state index contributed by atoms with van der Waals surface area (Å²) in [5.74, 6) is 5.93. The van der Waals surface area contributed by atoms with Crippen LogP contribution in [0.4, 0.5) is 0 Å². The summed E-state index contributed by atoms with van der Waals surface area (Å²) in [6, 6.07) is 7.56. The predicted molar refractivity (Wildman–Crippen MR) is 91.2 cm³/mol. The molecule has 5 nitrogen and oxygen atoms in total. The van der Waals surface area contributed by atoms with Crippen LogP contribution in [0, 0.1) is 5.92 Å². The molecule has 0 spiro atoms. The number of ether oxygens (including phenoxy) is 1. The summed E-state index contributed by atoms with van der Waals surface area (Å²) in [5.41, 5.74) is 10.1. The highest BCUT2D eigenvalue weighted by atomic mass is 16.5. The number of methoxy groups -OCH3 is 1. The molecule has 1 aromatic rings. The third-order valence-corrected chi connectivity index (χ3v) is 4.52. The molecule has 1 unspecified atom stereocenters. The number of hydrogen-bond acceptors (Lipinski definition) is 5. The first-order valence-corrected chi connectivity index (χ1v) is 8.17. The van der Waals surface area contributed by atoms with Crippen LogP contribution in [0.1, 0.15) is 48.0 Å². The van der Waals surface area contributed by atoms with E-state index >= 15 is 0 Å². The van der Waals surface area contributed by atoms with Gasteiger partial charge >= 0.3 is 5.97 Å². The fourth-order valence-corrected chi connectivity index (χ4v) is 3.17. The highest BCUT2D eigenvalue weighted by Crippen LogP contribution is 2.28. The minimum atomic E-state index is -0.311. The molecule has 0 aliphatic heterocycles. The van der Waals surface area contributed by atoms with E-state index in [9.17, 15) is 4.79 Å². The number of carbonyl (C=O) groups excluding carboxylic acids is 1. The van der Waals surface area contributed by atoms with Crippen molar-refractivity contribution in [1.82, 2.24) is 5.01 Å². The van der Waals surface area contributed by atoms with E-state index in [0.717, 1.165) is 37.1 Å². The van der Waals surface area contributed by atoms with Crippen LogP contribution in [0.15, 0.2) is 35.7 Å². The maximum atomic E-state index is 11.5. The van der Waals surface area contributed by atoms with Crippen LogP contribution < -0.4 is 11.6 Å². The van der Waals surface area contributed by atoms with Crippen molar-refractivity contribution in [2.24, 2.45) is 17.5 Å². The largest absolute Gasteiger partial charge is 0.465 e. The Hall–Kier alpha value is -2.01. The molecule has 1 atom stereocenters. The Bertz CT molecular complexity index is 564. The molecule has 0 radical (unpaired) electrons. The van der Waals surface area contributed by atoms with Crippen molar-refractivity contribution >= 4 is 5.97 Å². The average molecular weight is 317 g/mol. The second kappa shape index (κ2) is 8.02. The first-order valence-electron chi connectivity index (χ1n) is 8.17. The van der Waals surface area contributed by atoms with Gasteiger partial charge in [0.25, 0.3) is 0 Å². The lowest BCUT2D eigenvalue weighted by Gasteiger charge is -2.27. The molecule has 1 aliphatic carbocycles. The minimum absolute atomic E-state index is 0.292. The number of allylic oxidation sites excluding steroid dienone is 2. The second-order valence-corrected chi connectivity index (χ2v) is 6.20. The molecule has 0 fully saturated rings. The molecule has 0 amide bonds. The first kappa shape index (κ1) is 17.3. The SMILES string of the molecule is COC(=O)c1ccc(CC2CCCCC/C(N(C)N)=C\2N)cc1. The van der Waals surface area contributed by atoms with Crippen molar-refractivity contribution in [3.8, 4) is 0 Å². The van der Waals surface area contributed by atoms with Gasteiger partial charge in [-0.05, 0) is 43.4 Å². The summed E-state index contributed by atoms with van der Waals surface area (Å²) >= 11 is 0. The fourth-order valence-electron chi connectivity index (χ4n) is 3.17. The van der Waals surface area contributed by atoms with E-state index in [1.54, 1.807) is 17.1 Å². The number of nitrogens with zero attached hydrogens (tertiary/aromatic N) is 1. The topological polar surface area (TPSA) is 81.6 Å². The Morgan fingerprint density at radius 2 is 1.96 bits per heavy atom. The van der Waals surface area contributed by atoms with Gasteiger partial charge in [0.05, 0.1) is 12.7 Å². The number of esters is 1. The lowest BCUT2D eigenvalue weighted by atomic mass is 9.87. The maximum Gasteiger partial charge on any atom is 0.337 e. The van der Waals surface area contributed by atoms with E-state index in [-0.39, 0.29) is 5.97 Å². The van der Waals surface area contributed by atoms with Crippen LogP contribution in [0.25, 0.3) is 0 Å². The number of hydrazine groups is 1. The van der Waals surface area contributed by atoms with E-state index in [4.69, 9.17) is 16.3 Å². The van der Waals surface area contributed by atoms with Crippen LogP contribution in [-0.2, 0) is 11.2 Å². The van der Waals surface area contributed by atoms with Crippen LogP contribution in [0.5, 0.6) is 0 Å². The molecule has 23 heavy (non-hydrogen) atoms. The van der Waals surface area contributed by atoms with Gasteiger partial charge < -0.3 is 15.5 Å². The molecule has 5 heteroatoms. The van der Waals surface area contributed by atoms with Gasteiger partial charge in [0.1, 0.15) is 0 Å². The average Bonchev–Trinajstić information content (AvgIpc) is 2.54. The summed E-state index contributed by atoms with van der Waals surface area (Å²) in [6.07, 6.45) is 6.41. The molecule has 2 rings (SSSR count). The van der Waals surface area contributed by atoms with Crippen molar-refractivity contribution in [2.75, 3.05) is 14.2 Å². The Morgan fingerprint density at radius 1 is 1.26 bits per heavy atom. The Balaban J connectivity index is 2.17. The summed E-state index contributed by atoms with van der Waals surface area (Å²) in [5, 5.41) is 1.66. The van der Waals surface area contributed by atoms with Gasteiger partial charge in [0, 0.05) is 24.4 Å². The summed E-state index contributed by atoms with van der Waals surface area (Å²) in [7, 11) is 3.24. The molecule has 0 saturated carbocycles. The van der Waals surface area contributed by atoms with Gasteiger partial charge in [-0.3, -0.25) is 0 Å². The second-order valence-electron chi connectivity index (χ2n) is 6.20.